The SMILES string of the molecule is Cc1ccc(C(=O)Cn2cnnc2[S@@](C)=O)s1. The van der Waals surface area contributed by atoms with Crippen molar-refractivity contribution in [3.63, 3.8) is 0 Å². The minimum absolute atomic E-state index is 0.0189. The van der Waals surface area contributed by atoms with Gasteiger partial charge in [0, 0.05) is 11.1 Å². The minimum atomic E-state index is -1.24. The van der Waals surface area contributed by atoms with E-state index in [1.54, 1.807) is 6.07 Å². The van der Waals surface area contributed by atoms with Gasteiger partial charge in [0.1, 0.15) is 6.33 Å². The van der Waals surface area contributed by atoms with Gasteiger partial charge in [-0.15, -0.1) is 21.5 Å². The molecule has 0 aromatic carbocycles. The molecule has 0 spiro atoms. The Morgan fingerprint density at radius 1 is 1.53 bits per heavy atom. The fourth-order valence-electron chi connectivity index (χ4n) is 1.39. The highest BCUT2D eigenvalue weighted by Gasteiger charge is 2.14. The monoisotopic (exact) mass is 269 g/mol. The molecule has 5 nitrogen and oxygen atoms in total. The second-order valence-electron chi connectivity index (χ2n) is 3.53. The standard InChI is InChI=1S/C10H11N3O2S2/c1-7-3-4-9(16-7)8(14)5-13-6-11-12-10(13)17(2)15/h3-4,6H,5H2,1-2H3/t17-/m1/s1. The Morgan fingerprint density at radius 3 is 2.88 bits per heavy atom. The Labute approximate surface area is 105 Å². The molecule has 0 aliphatic rings. The third kappa shape index (κ3) is 2.67. The summed E-state index contributed by atoms with van der Waals surface area (Å²) >= 11 is 1.45. The first-order valence-corrected chi connectivity index (χ1v) is 7.26. The summed E-state index contributed by atoms with van der Waals surface area (Å²) in [5.41, 5.74) is 0. The van der Waals surface area contributed by atoms with Crippen molar-refractivity contribution in [2.45, 2.75) is 18.6 Å². The maximum Gasteiger partial charge on any atom is 0.221 e. The minimum Gasteiger partial charge on any atom is -0.299 e. The molecule has 0 amide bonds. The van der Waals surface area contributed by atoms with Gasteiger partial charge in [0.05, 0.1) is 22.2 Å². The summed E-state index contributed by atoms with van der Waals surface area (Å²) in [7, 11) is -1.24. The number of thiophene rings is 1. The summed E-state index contributed by atoms with van der Waals surface area (Å²) in [6.07, 6.45) is 2.94. The first-order chi connectivity index (χ1) is 8.08. The van der Waals surface area contributed by atoms with Crippen LogP contribution in [0.25, 0.3) is 0 Å². The van der Waals surface area contributed by atoms with Crippen LogP contribution in [0.1, 0.15) is 14.5 Å². The van der Waals surface area contributed by atoms with Gasteiger partial charge < -0.3 is 0 Å². The zero-order valence-corrected chi connectivity index (χ0v) is 11.0. The highest BCUT2D eigenvalue weighted by Crippen LogP contribution is 2.16. The average molecular weight is 269 g/mol. The Balaban J connectivity index is 2.18. The molecule has 17 heavy (non-hydrogen) atoms. The smallest absolute Gasteiger partial charge is 0.221 e. The van der Waals surface area contributed by atoms with Gasteiger partial charge >= 0.3 is 0 Å². The second kappa shape index (κ2) is 4.89. The van der Waals surface area contributed by atoms with Crippen molar-refractivity contribution in [1.82, 2.24) is 14.8 Å². The summed E-state index contributed by atoms with van der Waals surface area (Å²) < 4.78 is 12.8. The number of ketones is 1. The largest absolute Gasteiger partial charge is 0.299 e. The number of rotatable bonds is 4. The molecule has 7 heteroatoms. The van der Waals surface area contributed by atoms with E-state index in [2.05, 4.69) is 10.2 Å². The first kappa shape index (κ1) is 12.1. The van der Waals surface area contributed by atoms with Crippen molar-refractivity contribution in [1.29, 1.82) is 0 Å². The van der Waals surface area contributed by atoms with Gasteiger partial charge in [0.2, 0.25) is 5.16 Å². The molecular formula is C10H11N3O2S2. The number of nitrogens with zero attached hydrogens (tertiary/aromatic N) is 3. The third-order valence-electron chi connectivity index (χ3n) is 2.17. The van der Waals surface area contributed by atoms with Crippen molar-refractivity contribution in [2.75, 3.05) is 6.26 Å². The molecule has 2 aromatic rings. The molecule has 0 unspecified atom stereocenters. The zero-order chi connectivity index (χ0) is 12.4. The van der Waals surface area contributed by atoms with Crippen LogP contribution >= 0.6 is 11.3 Å². The Hall–Kier alpha value is -1.34. The van der Waals surface area contributed by atoms with E-state index in [1.807, 2.05) is 13.0 Å². The lowest BCUT2D eigenvalue weighted by Crippen LogP contribution is -2.12. The van der Waals surface area contributed by atoms with Crippen molar-refractivity contribution < 1.29 is 9.00 Å². The van der Waals surface area contributed by atoms with E-state index in [1.165, 1.54) is 28.5 Å². The lowest BCUT2D eigenvalue weighted by Gasteiger charge is -2.02. The van der Waals surface area contributed by atoms with E-state index in [0.717, 1.165) is 4.88 Å². The van der Waals surface area contributed by atoms with Gasteiger partial charge in [0.25, 0.3) is 0 Å². The zero-order valence-electron chi connectivity index (χ0n) is 9.41. The van der Waals surface area contributed by atoms with Gasteiger partial charge in [-0.2, -0.15) is 0 Å². The molecule has 2 heterocycles. The van der Waals surface area contributed by atoms with Crippen LogP contribution in [-0.4, -0.2) is 31.0 Å². The van der Waals surface area contributed by atoms with E-state index >= 15 is 0 Å². The molecule has 0 N–H and O–H groups in total. The van der Waals surface area contributed by atoms with Gasteiger partial charge in [-0.05, 0) is 19.1 Å². The molecule has 0 aliphatic carbocycles. The predicted octanol–water partition coefficient (Wildman–Crippen LogP) is 1.27. The number of hydrogen-bond acceptors (Lipinski definition) is 5. The van der Waals surface area contributed by atoms with Crippen LogP contribution in [0.2, 0.25) is 0 Å². The molecule has 0 fully saturated rings. The molecule has 0 radical (unpaired) electrons. The molecule has 90 valence electrons. The number of carbonyl (C=O) groups is 1. The van der Waals surface area contributed by atoms with Crippen molar-refractivity contribution in [2.24, 2.45) is 0 Å². The third-order valence-corrected chi connectivity index (χ3v) is 4.04. The maximum absolute atomic E-state index is 11.9. The van der Waals surface area contributed by atoms with E-state index in [-0.39, 0.29) is 12.3 Å². The van der Waals surface area contributed by atoms with Gasteiger partial charge in [-0.3, -0.25) is 13.6 Å². The van der Waals surface area contributed by atoms with Crippen LogP contribution < -0.4 is 0 Å². The lowest BCUT2D eigenvalue weighted by molar-refractivity contribution is 0.0973. The van der Waals surface area contributed by atoms with Crippen LogP contribution in [0.3, 0.4) is 0 Å². The van der Waals surface area contributed by atoms with Gasteiger partial charge in [-0.25, -0.2) is 0 Å². The second-order valence-corrected chi connectivity index (χ2v) is 6.09. The first-order valence-electron chi connectivity index (χ1n) is 4.89. The van der Waals surface area contributed by atoms with Gasteiger partial charge in [0.15, 0.2) is 5.78 Å². The number of Topliss-reactive ketones (excluding diaryl/α,β-unsaturated/α-hetero) is 1. The van der Waals surface area contributed by atoms with E-state index in [9.17, 15) is 9.00 Å². The van der Waals surface area contributed by atoms with Crippen LogP contribution in [0.15, 0.2) is 23.6 Å². The molecule has 0 bridgehead atoms. The molecule has 0 saturated heterocycles. The number of aryl methyl sites for hydroxylation is 1. The number of hydrogen-bond donors (Lipinski definition) is 0. The molecule has 2 rings (SSSR count). The summed E-state index contributed by atoms with van der Waals surface area (Å²) in [5, 5.41) is 7.72. The Kier molecular flexibility index (Phi) is 3.49. The highest BCUT2D eigenvalue weighted by atomic mass is 32.2. The molecule has 2 aromatic heterocycles. The van der Waals surface area contributed by atoms with Crippen molar-refractivity contribution in [3.05, 3.63) is 28.2 Å². The number of aromatic nitrogens is 3. The summed E-state index contributed by atoms with van der Waals surface area (Å²) in [4.78, 5) is 13.7. The fraction of sp³-hybridized carbons (Fsp3) is 0.300. The van der Waals surface area contributed by atoms with Crippen LogP contribution in [-0.2, 0) is 17.3 Å². The highest BCUT2D eigenvalue weighted by molar-refractivity contribution is 7.84. The van der Waals surface area contributed by atoms with Crippen LogP contribution in [0.5, 0.6) is 0 Å². The molecule has 1 atom stereocenters. The summed E-state index contributed by atoms with van der Waals surface area (Å²) in [6, 6.07) is 3.71. The van der Waals surface area contributed by atoms with Crippen LogP contribution in [0.4, 0.5) is 0 Å². The normalized spacial score (nSPS) is 12.6. The fourth-order valence-corrected chi connectivity index (χ4v) is 2.79. The Bertz CT molecular complexity index is 574. The van der Waals surface area contributed by atoms with E-state index in [0.29, 0.717) is 10.0 Å². The van der Waals surface area contributed by atoms with Crippen LogP contribution in [0, 0.1) is 6.92 Å². The predicted molar refractivity (Wildman–Crippen MR) is 65.7 cm³/mol. The van der Waals surface area contributed by atoms with E-state index < -0.39 is 10.8 Å². The molecular weight excluding hydrogens is 258 g/mol. The lowest BCUT2D eigenvalue weighted by atomic mass is 10.3. The molecule has 0 saturated carbocycles. The number of carbonyl (C=O) groups excluding carboxylic acids is 1. The maximum atomic E-state index is 11.9. The van der Waals surface area contributed by atoms with Crippen molar-refractivity contribution >= 4 is 27.9 Å². The van der Waals surface area contributed by atoms with E-state index in [4.69, 9.17) is 0 Å². The topological polar surface area (TPSA) is 64.8 Å². The van der Waals surface area contributed by atoms with Crippen molar-refractivity contribution in [3.8, 4) is 0 Å². The summed E-state index contributed by atoms with van der Waals surface area (Å²) in [5.74, 6) is -0.0189. The molecule has 0 aliphatic heterocycles. The Morgan fingerprint density at radius 2 is 2.29 bits per heavy atom. The summed E-state index contributed by atoms with van der Waals surface area (Å²) in [6.45, 7) is 2.08. The quantitative estimate of drug-likeness (QED) is 0.784. The average Bonchev–Trinajstić information content (AvgIpc) is 2.86. The van der Waals surface area contributed by atoms with Gasteiger partial charge in [-0.1, -0.05) is 0 Å².